The molecule has 0 aliphatic carbocycles. The quantitative estimate of drug-likeness (QED) is 0.421. The number of aromatic nitrogens is 3. The van der Waals surface area contributed by atoms with Crippen molar-refractivity contribution in [1.29, 1.82) is 0 Å². The van der Waals surface area contributed by atoms with Gasteiger partial charge in [0, 0.05) is 23.7 Å². The van der Waals surface area contributed by atoms with E-state index < -0.39 is 0 Å². The molecule has 0 fully saturated rings. The first-order valence-corrected chi connectivity index (χ1v) is 10.3. The number of nitrogens with one attached hydrogen (secondary N) is 1. The predicted octanol–water partition coefficient (Wildman–Crippen LogP) is 5.00. The van der Waals surface area contributed by atoms with Gasteiger partial charge in [-0.1, -0.05) is 47.1 Å². The van der Waals surface area contributed by atoms with Crippen molar-refractivity contribution >= 4 is 51.8 Å². The van der Waals surface area contributed by atoms with Crippen LogP contribution >= 0.6 is 35.0 Å². The molecule has 6 nitrogen and oxygen atoms in total. The van der Waals surface area contributed by atoms with Crippen LogP contribution in [0.15, 0.2) is 64.4 Å². The maximum absolute atomic E-state index is 12.1. The summed E-state index contributed by atoms with van der Waals surface area (Å²) in [4.78, 5) is 16.4. The first-order chi connectivity index (χ1) is 14.1. The number of carbonyl (C=O) groups is 1. The number of hydrogen-bond acceptors (Lipinski definition) is 6. The first-order valence-electron chi connectivity index (χ1n) is 8.60. The zero-order valence-corrected chi connectivity index (χ0v) is 17.3. The molecule has 4 aromatic rings. The monoisotopic (exact) mass is 444 g/mol. The number of thioether (sulfide) groups is 1. The zero-order chi connectivity index (χ0) is 20.2. The predicted molar refractivity (Wildman–Crippen MR) is 114 cm³/mol. The third-order valence-electron chi connectivity index (χ3n) is 4.06. The van der Waals surface area contributed by atoms with Crippen molar-refractivity contribution in [2.24, 2.45) is 0 Å². The van der Waals surface area contributed by atoms with Crippen LogP contribution in [0.25, 0.3) is 22.4 Å². The molecular weight excluding hydrogens is 431 g/mol. The second-order valence-corrected chi connectivity index (χ2v) is 7.84. The van der Waals surface area contributed by atoms with Crippen LogP contribution in [0.2, 0.25) is 10.0 Å². The van der Waals surface area contributed by atoms with Crippen LogP contribution in [-0.4, -0.2) is 26.8 Å². The van der Waals surface area contributed by atoms with Crippen molar-refractivity contribution in [3.8, 4) is 11.5 Å². The van der Waals surface area contributed by atoms with E-state index in [2.05, 4.69) is 20.5 Å². The summed E-state index contributed by atoms with van der Waals surface area (Å²) in [6.07, 6.45) is 1.75. The Labute approximate surface area is 180 Å². The number of nitrogens with zero attached hydrogens (tertiary/aromatic N) is 3. The van der Waals surface area contributed by atoms with Crippen LogP contribution in [0, 0.1) is 0 Å². The molecule has 1 N–H and O–H groups in total. The molecular formula is C20H14Cl2N4O2S. The van der Waals surface area contributed by atoms with Crippen LogP contribution in [-0.2, 0) is 11.3 Å². The number of benzene rings is 2. The van der Waals surface area contributed by atoms with Crippen molar-refractivity contribution in [3.63, 3.8) is 0 Å². The SMILES string of the molecule is O=C(CSc1nnc(-c2ccc3ncccc3c2)o1)NCc1ccc(Cl)c(Cl)c1. The van der Waals surface area contributed by atoms with E-state index in [1.54, 1.807) is 18.3 Å². The average molecular weight is 445 g/mol. The Morgan fingerprint density at radius 1 is 1.07 bits per heavy atom. The summed E-state index contributed by atoms with van der Waals surface area (Å²) < 4.78 is 5.67. The molecule has 0 saturated heterocycles. The Bertz CT molecular complexity index is 1180. The number of rotatable bonds is 6. The number of amides is 1. The summed E-state index contributed by atoms with van der Waals surface area (Å²) >= 11 is 13.0. The van der Waals surface area contributed by atoms with Gasteiger partial charge in [-0.2, -0.15) is 0 Å². The van der Waals surface area contributed by atoms with Crippen LogP contribution in [0.1, 0.15) is 5.56 Å². The van der Waals surface area contributed by atoms with Gasteiger partial charge < -0.3 is 9.73 Å². The number of pyridine rings is 1. The summed E-state index contributed by atoms with van der Waals surface area (Å²) in [6, 6.07) is 14.8. The van der Waals surface area contributed by atoms with Gasteiger partial charge in [0.2, 0.25) is 11.8 Å². The molecule has 0 spiro atoms. The van der Waals surface area contributed by atoms with Gasteiger partial charge in [-0.25, -0.2) is 0 Å². The molecule has 0 atom stereocenters. The maximum atomic E-state index is 12.1. The lowest BCUT2D eigenvalue weighted by atomic mass is 10.1. The zero-order valence-electron chi connectivity index (χ0n) is 14.9. The molecule has 29 heavy (non-hydrogen) atoms. The number of halogens is 2. The summed E-state index contributed by atoms with van der Waals surface area (Å²) in [5, 5.41) is 13.1. The number of carbonyl (C=O) groups excluding carboxylic acids is 1. The van der Waals surface area contributed by atoms with Gasteiger partial charge in [-0.05, 0) is 42.0 Å². The van der Waals surface area contributed by atoms with Crippen molar-refractivity contribution in [1.82, 2.24) is 20.5 Å². The fraction of sp³-hybridized carbons (Fsp3) is 0.100. The van der Waals surface area contributed by atoms with E-state index in [9.17, 15) is 4.79 Å². The van der Waals surface area contributed by atoms with Gasteiger partial charge in [-0.3, -0.25) is 9.78 Å². The minimum atomic E-state index is -0.155. The fourth-order valence-electron chi connectivity index (χ4n) is 2.62. The van der Waals surface area contributed by atoms with Gasteiger partial charge >= 0.3 is 0 Å². The molecule has 0 aliphatic heterocycles. The lowest BCUT2D eigenvalue weighted by Crippen LogP contribution is -2.24. The molecule has 9 heteroatoms. The Kier molecular flexibility index (Phi) is 5.99. The van der Waals surface area contributed by atoms with Gasteiger partial charge in [0.1, 0.15) is 0 Å². The van der Waals surface area contributed by atoms with E-state index in [0.29, 0.717) is 27.7 Å². The Balaban J connectivity index is 1.33. The summed E-state index contributed by atoms with van der Waals surface area (Å²) in [5.74, 6) is 0.400. The smallest absolute Gasteiger partial charge is 0.277 e. The molecule has 0 aliphatic rings. The van der Waals surface area contributed by atoms with Gasteiger partial charge in [0.05, 0.1) is 21.3 Å². The van der Waals surface area contributed by atoms with Crippen molar-refractivity contribution in [2.75, 3.05) is 5.75 Å². The van der Waals surface area contributed by atoms with Crippen molar-refractivity contribution in [3.05, 3.63) is 70.3 Å². The van der Waals surface area contributed by atoms with Crippen LogP contribution in [0.4, 0.5) is 0 Å². The highest BCUT2D eigenvalue weighted by atomic mass is 35.5. The summed E-state index contributed by atoms with van der Waals surface area (Å²) in [5.41, 5.74) is 2.56. The molecule has 0 unspecified atom stereocenters. The minimum Gasteiger partial charge on any atom is -0.411 e. The molecule has 1 amide bonds. The topological polar surface area (TPSA) is 80.9 Å². The van der Waals surface area contributed by atoms with Crippen LogP contribution in [0.3, 0.4) is 0 Å². The molecule has 2 aromatic carbocycles. The Morgan fingerprint density at radius 2 is 1.97 bits per heavy atom. The van der Waals surface area contributed by atoms with Crippen LogP contribution in [0.5, 0.6) is 0 Å². The normalized spacial score (nSPS) is 11.0. The third-order valence-corrected chi connectivity index (χ3v) is 5.61. The second-order valence-electron chi connectivity index (χ2n) is 6.10. The van der Waals surface area contributed by atoms with E-state index in [0.717, 1.165) is 22.0 Å². The van der Waals surface area contributed by atoms with Crippen molar-refractivity contribution < 1.29 is 9.21 Å². The highest BCUT2D eigenvalue weighted by Gasteiger charge is 2.12. The van der Waals surface area contributed by atoms with Crippen LogP contribution < -0.4 is 5.32 Å². The van der Waals surface area contributed by atoms with Gasteiger partial charge in [0.25, 0.3) is 5.22 Å². The molecule has 2 heterocycles. The summed E-state index contributed by atoms with van der Waals surface area (Å²) in [6.45, 7) is 0.358. The fourth-order valence-corrected chi connectivity index (χ4v) is 3.54. The number of hydrogen-bond donors (Lipinski definition) is 1. The number of fused-ring (bicyclic) bond motifs is 1. The lowest BCUT2D eigenvalue weighted by Gasteiger charge is -2.05. The average Bonchev–Trinajstić information content (AvgIpc) is 3.22. The molecule has 0 radical (unpaired) electrons. The standard InChI is InChI=1S/C20H14Cl2N4O2S/c21-15-5-3-12(8-16(15)22)10-24-18(27)11-29-20-26-25-19(28-20)14-4-6-17-13(9-14)2-1-7-23-17/h1-9H,10-11H2,(H,24,27). The third kappa shape index (κ3) is 4.87. The first kappa shape index (κ1) is 19.7. The van der Waals surface area contributed by atoms with E-state index in [1.807, 2.05) is 36.4 Å². The van der Waals surface area contributed by atoms with E-state index in [-0.39, 0.29) is 11.7 Å². The Hall–Kier alpha value is -2.61. The van der Waals surface area contributed by atoms with Gasteiger partial charge in [0.15, 0.2) is 0 Å². The maximum Gasteiger partial charge on any atom is 0.277 e. The second kappa shape index (κ2) is 8.82. The molecule has 4 rings (SSSR count). The van der Waals surface area contributed by atoms with E-state index >= 15 is 0 Å². The molecule has 2 aromatic heterocycles. The Morgan fingerprint density at radius 3 is 2.83 bits per heavy atom. The van der Waals surface area contributed by atoms with Gasteiger partial charge in [-0.15, -0.1) is 10.2 Å². The van der Waals surface area contributed by atoms with E-state index in [4.69, 9.17) is 27.6 Å². The molecule has 146 valence electrons. The molecule has 0 bridgehead atoms. The summed E-state index contributed by atoms with van der Waals surface area (Å²) in [7, 11) is 0. The highest BCUT2D eigenvalue weighted by molar-refractivity contribution is 7.99. The highest BCUT2D eigenvalue weighted by Crippen LogP contribution is 2.26. The largest absolute Gasteiger partial charge is 0.411 e. The lowest BCUT2D eigenvalue weighted by molar-refractivity contribution is -0.118. The van der Waals surface area contributed by atoms with E-state index in [1.165, 1.54) is 11.8 Å². The van der Waals surface area contributed by atoms with Crippen molar-refractivity contribution in [2.45, 2.75) is 11.8 Å². The molecule has 0 saturated carbocycles. The minimum absolute atomic E-state index is 0.155.